The molecule has 166 valence electrons. The Labute approximate surface area is 187 Å². The van der Waals surface area contributed by atoms with E-state index < -0.39 is 23.8 Å². The third-order valence-corrected chi connectivity index (χ3v) is 6.34. The molecular weight excluding hydrogens is 433 g/mol. The number of rotatable bonds is 7. The molecule has 32 heavy (non-hydrogen) atoms. The van der Waals surface area contributed by atoms with Gasteiger partial charge in [-0.3, -0.25) is 8.86 Å². The Morgan fingerprint density at radius 2 is 1.72 bits per heavy atom. The van der Waals surface area contributed by atoms with Gasteiger partial charge in [0.15, 0.2) is 6.61 Å². The minimum absolute atomic E-state index is 0.310. The van der Waals surface area contributed by atoms with Crippen LogP contribution in [0.2, 0.25) is 0 Å². The van der Waals surface area contributed by atoms with E-state index in [-0.39, 0.29) is 11.9 Å². The van der Waals surface area contributed by atoms with Crippen LogP contribution in [-0.4, -0.2) is 26.4 Å². The van der Waals surface area contributed by atoms with Crippen LogP contribution in [0.1, 0.15) is 30.0 Å². The Kier molecular flexibility index (Phi) is 6.53. The molecule has 6 nitrogen and oxygen atoms in total. The van der Waals surface area contributed by atoms with Crippen LogP contribution < -0.4 is 9.04 Å². The molecule has 0 spiro atoms. The van der Waals surface area contributed by atoms with Gasteiger partial charge in [-0.15, -0.1) is 0 Å². The fourth-order valence-electron chi connectivity index (χ4n) is 4.13. The molecule has 2 N–H and O–H groups in total. The predicted molar refractivity (Wildman–Crippen MR) is 120 cm³/mol. The van der Waals surface area contributed by atoms with Crippen molar-refractivity contribution >= 4 is 22.9 Å². The number of benzene rings is 3. The lowest BCUT2D eigenvalue weighted by Gasteiger charge is -2.35. The number of anilines is 1. The minimum Gasteiger partial charge on any atom is -0.482 e. The molecule has 8 heteroatoms. The van der Waals surface area contributed by atoms with Crippen LogP contribution in [0.4, 0.5) is 10.1 Å². The van der Waals surface area contributed by atoms with Crippen molar-refractivity contribution in [1.29, 1.82) is 0 Å². The highest BCUT2D eigenvalue weighted by Crippen LogP contribution is 2.41. The summed E-state index contributed by atoms with van der Waals surface area (Å²) in [5.74, 6) is -0.880. The van der Waals surface area contributed by atoms with Crippen molar-refractivity contribution in [3.05, 3.63) is 83.7 Å². The fraction of sp³-hybridized carbons (Fsp3) is 0.208. The number of carboxylic acid groups (broad SMARTS) is 1. The highest BCUT2D eigenvalue weighted by atomic mass is 32.2. The van der Waals surface area contributed by atoms with E-state index in [1.165, 1.54) is 16.4 Å². The molecular formula is C24H22FNO5S. The van der Waals surface area contributed by atoms with E-state index in [1.54, 1.807) is 36.4 Å². The van der Waals surface area contributed by atoms with Gasteiger partial charge in [0.1, 0.15) is 11.6 Å². The van der Waals surface area contributed by atoms with Crippen molar-refractivity contribution in [3.8, 4) is 16.9 Å². The second kappa shape index (κ2) is 9.50. The Morgan fingerprint density at radius 3 is 2.34 bits per heavy atom. The summed E-state index contributed by atoms with van der Waals surface area (Å²) >= 11 is -2.28. The van der Waals surface area contributed by atoms with Crippen molar-refractivity contribution in [3.63, 3.8) is 0 Å². The summed E-state index contributed by atoms with van der Waals surface area (Å²) in [6, 6.07) is 18.4. The predicted octanol–water partition coefficient (Wildman–Crippen LogP) is 4.98. The van der Waals surface area contributed by atoms with E-state index in [0.717, 1.165) is 28.7 Å². The number of hydrogen-bond donors (Lipinski definition) is 2. The van der Waals surface area contributed by atoms with Gasteiger partial charge in [-0.1, -0.05) is 36.4 Å². The largest absolute Gasteiger partial charge is 0.482 e. The molecule has 0 radical (unpaired) electrons. The molecule has 0 fully saturated rings. The minimum atomic E-state index is -2.28. The standard InChI is InChI=1S/C24H22FNO5S/c25-18-11-7-16(8-12-18)17-9-13-19(14-10-17)26(32(29)30)22-5-1-4-21-20(22)3-2-6-23(21)31-15-24(27)28/h2-3,6-14,22H,1,4-5,15H2,(H,27,28)(H,29,30). The van der Waals surface area contributed by atoms with Crippen LogP contribution >= 0.6 is 0 Å². The van der Waals surface area contributed by atoms with Gasteiger partial charge in [-0.05, 0) is 71.8 Å². The topological polar surface area (TPSA) is 87.1 Å². The lowest BCUT2D eigenvalue weighted by Crippen LogP contribution is -2.33. The lowest BCUT2D eigenvalue weighted by molar-refractivity contribution is -0.139. The summed E-state index contributed by atoms with van der Waals surface area (Å²) in [5, 5.41) is 8.93. The molecule has 2 atom stereocenters. The number of carbonyl (C=O) groups is 1. The number of ether oxygens (including phenoxy) is 1. The zero-order valence-corrected chi connectivity index (χ0v) is 17.9. The number of nitrogens with zero attached hydrogens (tertiary/aromatic N) is 1. The molecule has 3 aromatic rings. The Hall–Kier alpha value is -3.23. The summed E-state index contributed by atoms with van der Waals surface area (Å²) < 4.78 is 42.6. The number of hydrogen-bond acceptors (Lipinski definition) is 3. The van der Waals surface area contributed by atoms with E-state index in [1.807, 2.05) is 18.2 Å². The molecule has 0 saturated heterocycles. The van der Waals surface area contributed by atoms with Crippen LogP contribution in [0.3, 0.4) is 0 Å². The first-order valence-corrected chi connectivity index (χ1v) is 11.2. The van der Waals surface area contributed by atoms with E-state index in [4.69, 9.17) is 9.84 Å². The van der Waals surface area contributed by atoms with Crippen molar-refractivity contribution < 1.29 is 27.8 Å². The molecule has 1 aliphatic rings. The van der Waals surface area contributed by atoms with E-state index in [9.17, 15) is 17.9 Å². The summed E-state index contributed by atoms with van der Waals surface area (Å²) in [5.41, 5.74) is 4.00. The van der Waals surface area contributed by atoms with Gasteiger partial charge >= 0.3 is 5.97 Å². The molecule has 3 aromatic carbocycles. The van der Waals surface area contributed by atoms with Crippen molar-refractivity contribution in [2.24, 2.45) is 0 Å². The summed E-state index contributed by atoms with van der Waals surface area (Å²) in [6.45, 7) is -0.443. The van der Waals surface area contributed by atoms with Gasteiger partial charge in [-0.2, -0.15) is 0 Å². The molecule has 0 bridgehead atoms. The van der Waals surface area contributed by atoms with Gasteiger partial charge in [0.25, 0.3) is 11.3 Å². The molecule has 0 heterocycles. The van der Waals surface area contributed by atoms with Gasteiger partial charge in [0, 0.05) is 0 Å². The van der Waals surface area contributed by atoms with Crippen LogP contribution in [0.5, 0.6) is 5.75 Å². The number of carboxylic acids is 1. The summed E-state index contributed by atoms with van der Waals surface area (Å²) in [7, 11) is 0. The molecule has 4 rings (SSSR count). The van der Waals surface area contributed by atoms with Crippen molar-refractivity contribution in [1.82, 2.24) is 0 Å². The Balaban J connectivity index is 1.66. The lowest BCUT2D eigenvalue weighted by atomic mass is 9.87. The summed E-state index contributed by atoms with van der Waals surface area (Å²) in [6.07, 6.45) is 2.14. The van der Waals surface area contributed by atoms with Gasteiger partial charge < -0.3 is 9.84 Å². The first-order valence-electron chi connectivity index (χ1n) is 10.2. The van der Waals surface area contributed by atoms with Crippen LogP contribution in [0, 0.1) is 5.82 Å². The normalized spacial score (nSPS) is 16.1. The van der Waals surface area contributed by atoms with Crippen molar-refractivity contribution in [2.75, 3.05) is 10.9 Å². The Morgan fingerprint density at radius 1 is 1.06 bits per heavy atom. The molecule has 1 aliphatic carbocycles. The van der Waals surface area contributed by atoms with E-state index in [0.29, 0.717) is 24.3 Å². The number of halogens is 1. The van der Waals surface area contributed by atoms with Crippen LogP contribution in [0.15, 0.2) is 66.7 Å². The third kappa shape index (κ3) is 4.66. The molecule has 0 saturated carbocycles. The maximum absolute atomic E-state index is 13.2. The molecule has 2 unspecified atom stereocenters. The van der Waals surface area contributed by atoms with Gasteiger partial charge in [0.05, 0.1) is 11.7 Å². The quantitative estimate of drug-likeness (QED) is 0.491. The van der Waals surface area contributed by atoms with E-state index >= 15 is 0 Å². The maximum Gasteiger partial charge on any atom is 0.341 e. The molecule has 0 aliphatic heterocycles. The highest BCUT2D eigenvalue weighted by molar-refractivity contribution is 7.80. The summed E-state index contributed by atoms with van der Waals surface area (Å²) in [4.78, 5) is 10.9. The smallest absolute Gasteiger partial charge is 0.341 e. The van der Waals surface area contributed by atoms with Crippen LogP contribution in [0.25, 0.3) is 11.1 Å². The monoisotopic (exact) mass is 455 g/mol. The third-order valence-electron chi connectivity index (χ3n) is 5.53. The van der Waals surface area contributed by atoms with Gasteiger partial charge in [0.2, 0.25) is 0 Å². The molecule has 0 aromatic heterocycles. The SMILES string of the molecule is O=C(O)COc1cccc2c1CCCC2N(c1ccc(-c2ccc(F)cc2)cc1)S(=O)O. The Bertz CT molecular complexity index is 1130. The first-order chi connectivity index (χ1) is 15.4. The number of aliphatic carboxylic acids is 1. The fourth-order valence-corrected chi connectivity index (χ4v) is 4.87. The second-order valence-electron chi connectivity index (χ2n) is 7.52. The second-order valence-corrected chi connectivity index (χ2v) is 8.38. The van der Waals surface area contributed by atoms with E-state index in [2.05, 4.69) is 0 Å². The highest BCUT2D eigenvalue weighted by Gasteiger charge is 2.31. The zero-order valence-electron chi connectivity index (χ0n) is 17.1. The maximum atomic E-state index is 13.2. The first kappa shape index (κ1) is 22.0. The zero-order chi connectivity index (χ0) is 22.7. The average molecular weight is 456 g/mol. The van der Waals surface area contributed by atoms with Crippen LogP contribution in [-0.2, 0) is 22.5 Å². The average Bonchev–Trinajstić information content (AvgIpc) is 2.79. The number of fused-ring (bicyclic) bond motifs is 1. The molecule has 0 amide bonds. The van der Waals surface area contributed by atoms with Crippen molar-refractivity contribution in [2.45, 2.75) is 25.3 Å². The van der Waals surface area contributed by atoms with Gasteiger partial charge in [-0.25, -0.2) is 13.4 Å².